The molecule has 1 aliphatic rings. The quantitative estimate of drug-likeness (QED) is 0.708. The summed E-state index contributed by atoms with van der Waals surface area (Å²) in [5.41, 5.74) is 8.07. The number of likely N-dealkylation sites (tertiary alicyclic amines) is 1. The maximum absolute atomic E-state index is 13.4. The number of pyridine rings is 1. The fourth-order valence-corrected chi connectivity index (χ4v) is 4.32. The Hall–Kier alpha value is -3.00. The van der Waals surface area contributed by atoms with Gasteiger partial charge in [-0.05, 0) is 50.3 Å². The molecule has 2 unspecified atom stereocenters. The molecular weight excluding hydrogens is 386 g/mol. The summed E-state index contributed by atoms with van der Waals surface area (Å²) in [5.74, 6) is 1.08. The van der Waals surface area contributed by atoms with Gasteiger partial charge < -0.3 is 15.4 Å². The summed E-state index contributed by atoms with van der Waals surface area (Å²) in [7, 11) is 0. The molecule has 0 saturated carbocycles. The maximum Gasteiger partial charge on any atom is 0.255 e. The summed E-state index contributed by atoms with van der Waals surface area (Å²) in [4.78, 5) is 28.9. The van der Waals surface area contributed by atoms with Gasteiger partial charge in [0.05, 0.1) is 17.0 Å². The van der Waals surface area contributed by atoms with Gasteiger partial charge in [0.1, 0.15) is 6.10 Å². The van der Waals surface area contributed by atoms with Gasteiger partial charge in [-0.2, -0.15) is 0 Å². The first-order valence-electron chi connectivity index (χ1n) is 9.58. The van der Waals surface area contributed by atoms with E-state index in [1.165, 1.54) is 11.3 Å². The van der Waals surface area contributed by atoms with Crippen LogP contribution in [0.3, 0.4) is 0 Å². The summed E-state index contributed by atoms with van der Waals surface area (Å²) in [6.45, 7) is 4.47. The molecule has 7 nitrogen and oxygen atoms in total. The van der Waals surface area contributed by atoms with E-state index in [1.54, 1.807) is 30.7 Å². The van der Waals surface area contributed by atoms with Gasteiger partial charge in [-0.3, -0.25) is 4.79 Å². The third-order valence-corrected chi connectivity index (χ3v) is 6.15. The van der Waals surface area contributed by atoms with Crippen LogP contribution in [0, 0.1) is 6.92 Å². The number of carbonyl (C=O) groups is 1. The fraction of sp³-hybridized carbons (Fsp3) is 0.333. The molecule has 2 N–H and O–H groups in total. The predicted octanol–water partition coefficient (Wildman–Crippen LogP) is 3.56. The van der Waals surface area contributed by atoms with Crippen molar-refractivity contribution in [1.82, 2.24) is 19.9 Å². The van der Waals surface area contributed by atoms with E-state index in [1.807, 2.05) is 23.3 Å². The minimum Gasteiger partial charge on any atom is -0.472 e. The monoisotopic (exact) mass is 409 g/mol. The molecule has 0 radical (unpaired) electrons. The van der Waals surface area contributed by atoms with E-state index < -0.39 is 0 Å². The van der Waals surface area contributed by atoms with E-state index >= 15 is 0 Å². The molecule has 1 amide bonds. The molecule has 2 atom stereocenters. The number of hydrogen-bond acceptors (Lipinski definition) is 7. The van der Waals surface area contributed by atoms with Gasteiger partial charge in [-0.25, -0.2) is 15.0 Å². The SMILES string of the molecule is Cc1c(N)ccnc1OC1CCC(C)N(C(=O)c2ccsc2-c2ncccn2)C1. The first kappa shape index (κ1) is 19.3. The van der Waals surface area contributed by atoms with Gasteiger partial charge in [0.25, 0.3) is 5.91 Å². The van der Waals surface area contributed by atoms with Crippen LogP contribution in [0.15, 0.2) is 42.2 Å². The zero-order valence-corrected chi connectivity index (χ0v) is 17.2. The third kappa shape index (κ3) is 3.93. The number of aromatic nitrogens is 3. The van der Waals surface area contributed by atoms with Crippen LogP contribution in [0.2, 0.25) is 0 Å². The molecule has 4 heterocycles. The molecule has 4 rings (SSSR count). The number of nitrogens with two attached hydrogens (primary N) is 1. The van der Waals surface area contributed by atoms with Crippen LogP contribution in [-0.2, 0) is 0 Å². The number of nitrogens with zero attached hydrogens (tertiary/aromatic N) is 4. The Morgan fingerprint density at radius 2 is 2.00 bits per heavy atom. The van der Waals surface area contributed by atoms with Crippen molar-refractivity contribution in [3.05, 3.63) is 53.3 Å². The fourth-order valence-electron chi connectivity index (χ4n) is 3.48. The second-order valence-corrected chi connectivity index (χ2v) is 8.11. The molecule has 1 aliphatic heterocycles. The Morgan fingerprint density at radius 1 is 1.21 bits per heavy atom. The Bertz CT molecular complexity index is 1010. The minimum atomic E-state index is -0.127. The lowest BCUT2D eigenvalue weighted by Crippen LogP contribution is -2.49. The molecule has 0 spiro atoms. The Morgan fingerprint density at radius 3 is 2.79 bits per heavy atom. The van der Waals surface area contributed by atoms with E-state index in [0.29, 0.717) is 29.5 Å². The highest BCUT2D eigenvalue weighted by Crippen LogP contribution is 2.31. The van der Waals surface area contributed by atoms with Crippen LogP contribution in [-0.4, -0.2) is 44.4 Å². The second-order valence-electron chi connectivity index (χ2n) is 7.19. The molecule has 1 fully saturated rings. The standard InChI is InChI=1S/C21H23N5O2S/c1-13-4-5-15(28-20-14(2)17(22)6-10-25-20)12-26(13)21(27)16-7-11-29-18(16)19-23-8-3-9-24-19/h3,6-11,13,15H,4-5,12H2,1-2H3,(H2,22,25). The number of carbonyl (C=O) groups excluding carboxylic acids is 1. The number of hydrogen-bond donors (Lipinski definition) is 1. The first-order valence-corrected chi connectivity index (χ1v) is 10.5. The molecule has 8 heteroatoms. The van der Waals surface area contributed by atoms with Crippen molar-refractivity contribution >= 4 is 22.9 Å². The van der Waals surface area contributed by atoms with Gasteiger partial charge in [0, 0.05) is 35.9 Å². The largest absolute Gasteiger partial charge is 0.472 e. The highest BCUT2D eigenvalue weighted by Gasteiger charge is 2.32. The summed E-state index contributed by atoms with van der Waals surface area (Å²) >= 11 is 1.48. The molecule has 150 valence electrons. The van der Waals surface area contributed by atoms with Gasteiger partial charge >= 0.3 is 0 Å². The number of amides is 1. The van der Waals surface area contributed by atoms with Gasteiger partial charge in [-0.15, -0.1) is 11.3 Å². The number of ether oxygens (including phenoxy) is 1. The number of nitrogen functional groups attached to an aromatic ring is 1. The zero-order valence-electron chi connectivity index (χ0n) is 16.4. The van der Waals surface area contributed by atoms with Crippen LogP contribution in [0.1, 0.15) is 35.7 Å². The lowest BCUT2D eigenvalue weighted by Gasteiger charge is -2.38. The summed E-state index contributed by atoms with van der Waals surface area (Å²) < 4.78 is 6.12. The van der Waals surface area contributed by atoms with Gasteiger partial charge in [-0.1, -0.05) is 0 Å². The van der Waals surface area contributed by atoms with E-state index in [2.05, 4.69) is 21.9 Å². The van der Waals surface area contributed by atoms with Crippen molar-refractivity contribution in [2.24, 2.45) is 0 Å². The van der Waals surface area contributed by atoms with Crippen LogP contribution in [0.4, 0.5) is 5.69 Å². The average Bonchev–Trinajstić information content (AvgIpc) is 3.23. The highest BCUT2D eigenvalue weighted by atomic mass is 32.1. The maximum atomic E-state index is 13.4. The van der Waals surface area contributed by atoms with Crippen molar-refractivity contribution in [1.29, 1.82) is 0 Å². The van der Waals surface area contributed by atoms with Crippen molar-refractivity contribution in [2.75, 3.05) is 12.3 Å². The van der Waals surface area contributed by atoms with Crippen LogP contribution >= 0.6 is 11.3 Å². The van der Waals surface area contributed by atoms with Crippen molar-refractivity contribution < 1.29 is 9.53 Å². The number of rotatable bonds is 4. The summed E-state index contributed by atoms with van der Waals surface area (Å²) in [5, 5.41) is 1.90. The Labute approximate surface area is 173 Å². The van der Waals surface area contributed by atoms with Crippen molar-refractivity contribution in [3.8, 4) is 16.6 Å². The lowest BCUT2D eigenvalue weighted by molar-refractivity contribution is 0.0372. The minimum absolute atomic E-state index is 0.0215. The van der Waals surface area contributed by atoms with E-state index in [0.717, 1.165) is 23.3 Å². The predicted molar refractivity (Wildman–Crippen MR) is 113 cm³/mol. The Balaban J connectivity index is 1.54. The van der Waals surface area contributed by atoms with Crippen LogP contribution < -0.4 is 10.5 Å². The summed E-state index contributed by atoms with van der Waals surface area (Å²) in [6, 6.07) is 5.49. The van der Waals surface area contributed by atoms with E-state index in [-0.39, 0.29) is 18.1 Å². The molecule has 29 heavy (non-hydrogen) atoms. The van der Waals surface area contributed by atoms with Gasteiger partial charge in [0.15, 0.2) is 5.82 Å². The zero-order chi connectivity index (χ0) is 20.4. The van der Waals surface area contributed by atoms with Crippen molar-refractivity contribution in [2.45, 2.75) is 38.8 Å². The van der Waals surface area contributed by atoms with E-state index in [4.69, 9.17) is 10.5 Å². The van der Waals surface area contributed by atoms with E-state index in [9.17, 15) is 4.79 Å². The van der Waals surface area contributed by atoms with Crippen molar-refractivity contribution in [3.63, 3.8) is 0 Å². The molecule has 0 aromatic carbocycles. The first-order chi connectivity index (χ1) is 14.0. The molecule has 3 aromatic heterocycles. The lowest BCUT2D eigenvalue weighted by atomic mass is 10.00. The number of piperidine rings is 1. The number of anilines is 1. The normalized spacial score (nSPS) is 19.2. The second kappa shape index (κ2) is 8.16. The Kier molecular flexibility index (Phi) is 5.44. The average molecular weight is 410 g/mol. The number of thiophene rings is 1. The molecule has 3 aromatic rings. The molecule has 1 saturated heterocycles. The molecule has 0 bridgehead atoms. The smallest absolute Gasteiger partial charge is 0.255 e. The summed E-state index contributed by atoms with van der Waals surface area (Å²) in [6.07, 6.45) is 6.61. The topological polar surface area (TPSA) is 94.2 Å². The molecule has 0 aliphatic carbocycles. The van der Waals surface area contributed by atoms with Crippen LogP contribution in [0.25, 0.3) is 10.7 Å². The molecular formula is C21H23N5O2S. The van der Waals surface area contributed by atoms with Gasteiger partial charge in [0.2, 0.25) is 5.88 Å². The highest BCUT2D eigenvalue weighted by molar-refractivity contribution is 7.14. The third-order valence-electron chi connectivity index (χ3n) is 5.24. The van der Waals surface area contributed by atoms with Crippen LogP contribution in [0.5, 0.6) is 5.88 Å².